The van der Waals surface area contributed by atoms with Crippen LogP contribution in [0.2, 0.25) is 0 Å². The van der Waals surface area contributed by atoms with Crippen LogP contribution in [-0.2, 0) is 32.7 Å². The molecule has 0 heterocycles. The number of hydrogen-bond donors (Lipinski definition) is 1. The van der Waals surface area contributed by atoms with Gasteiger partial charge in [-0.05, 0) is 103 Å². The molecule has 424 valence electrons. The van der Waals surface area contributed by atoms with Crippen molar-refractivity contribution in [1.29, 1.82) is 0 Å². The van der Waals surface area contributed by atoms with Gasteiger partial charge in [-0.15, -0.1) is 0 Å². The van der Waals surface area contributed by atoms with Gasteiger partial charge in [0.25, 0.3) is 0 Å². The zero-order chi connectivity index (χ0) is 54.2. The first kappa shape index (κ1) is 70.7. The van der Waals surface area contributed by atoms with Gasteiger partial charge in [0.15, 0.2) is 6.10 Å². The lowest BCUT2D eigenvalue weighted by Gasteiger charge is -2.24. The fourth-order valence-electron chi connectivity index (χ4n) is 7.73. The first-order chi connectivity index (χ1) is 36.0. The Balaban J connectivity index is 4.23. The van der Waals surface area contributed by atoms with Crippen LogP contribution in [-0.4, -0.2) is 74.9 Å². The van der Waals surface area contributed by atoms with Gasteiger partial charge in [0.2, 0.25) is 0 Å². The molecule has 0 radical (unpaired) electrons. The van der Waals surface area contributed by atoms with Crippen molar-refractivity contribution < 1.29 is 42.1 Å². The predicted octanol–water partition coefficient (Wildman–Crippen LogP) is 18.6. The number of unbranched alkanes of at least 4 members (excludes halogenated alkanes) is 21. The van der Waals surface area contributed by atoms with E-state index in [1.165, 1.54) is 103 Å². The second kappa shape index (κ2) is 54.5. The average Bonchev–Trinajstić information content (AvgIpc) is 3.36. The van der Waals surface area contributed by atoms with Gasteiger partial charge in [0.1, 0.15) is 19.8 Å². The Kier molecular flexibility index (Phi) is 52.0. The number of likely N-dealkylation sites (N-methyl/N-ethyl adjacent to an activating group) is 1. The summed E-state index contributed by atoms with van der Waals surface area (Å²) in [5, 5.41) is 0. The highest BCUT2D eigenvalue weighted by atomic mass is 31.2. The maximum absolute atomic E-state index is 12.8. The lowest BCUT2D eigenvalue weighted by Crippen LogP contribution is -2.37. The van der Waals surface area contributed by atoms with Crippen molar-refractivity contribution in [2.75, 3.05) is 47.5 Å². The SMILES string of the molecule is CC/C=C\C/C=C\C/C=C\C/C=C\C/C=C\C/C=C\C/C=C\CCCCCCCCCC(=O)OC(COC(=O)CCCCCCCCCCC/C=C\C/C=C\CCCCCCC)COP(=O)(O)OCC[N+](C)(C)C. The van der Waals surface area contributed by atoms with Crippen molar-refractivity contribution in [3.8, 4) is 0 Å². The van der Waals surface area contributed by atoms with Crippen molar-refractivity contribution in [3.63, 3.8) is 0 Å². The van der Waals surface area contributed by atoms with E-state index in [1.54, 1.807) is 0 Å². The molecule has 2 atom stereocenters. The maximum Gasteiger partial charge on any atom is 0.472 e. The van der Waals surface area contributed by atoms with Crippen molar-refractivity contribution >= 4 is 19.8 Å². The summed E-state index contributed by atoms with van der Waals surface area (Å²) in [4.78, 5) is 35.7. The lowest BCUT2D eigenvalue weighted by atomic mass is 10.1. The van der Waals surface area contributed by atoms with Gasteiger partial charge in [0.05, 0.1) is 27.7 Å². The molecule has 10 heteroatoms. The number of rotatable bonds is 53. The van der Waals surface area contributed by atoms with Crippen LogP contribution in [0.5, 0.6) is 0 Å². The van der Waals surface area contributed by atoms with E-state index in [0.717, 1.165) is 96.3 Å². The molecule has 1 N–H and O–H groups in total. The smallest absolute Gasteiger partial charge is 0.462 e. The second-order valence-electron chi connectivity index (χ2n) is 20.6. The van der Waals surface area contributed by atoms with Crippen LogP contribution in [0.1, 0.15) is 232 Å². The minimum Gasteiger partial charge on any atom is -0.462 e. The summed E-state index contributed by atoms with van der Waals surface area (Å²) >= 11 is 0. The number of ether oxygens (including phenoxy) is 2. The minimum absolute atomic E-state index is 0.0230. The number of phosphoric ester groups is 1. The van der Waals surface area contributed by atoms with E-state index in [-0.39, 0.29) is 32.0 Å². The highest BCUT2D eigenvalue weighted by Crippen LogP contribution is 2.43. The highest BCUT2D eigenvalue weighted by molar-refractivity contribution is 7.47. The van der Waals surface area contributed by atoms with Crippen LogP contribution in [0.15, 0.2) is 109 Å². The van der Waals surface area contributed by atoms with E-state index >= 15 is 0 Å². The molecule has 0 aromatic carbocycles. The van der Waals surface area contributed by atoms with E-state index in [1.807, 2.05) is 21.1 Å². The molecule has 0 aliphatic carbocycles. The topological polar surface area (TPSA) is 108 Å². The minimum atomic E-state index is -4.40. The first-order valence-electron chi connectivity index (χ1n) is 29.6. The average molecular weight is 1050 g/mol. The standard InChI is InChI=1S/C64H110NO8P/c1-6-8-10-12-14-16-18-20-22-24-26-28-29-30-31-32-33-34-35-37-39-41-43-45-47-49-51-53-55-57-64(67)73-62(61-72-74(68,69)71-59-58-65(3,4)5)60-70-63(66)56-54-52-50-48-46-44-42-40-38-36-27-25-23-21-19-17-15-13-11-9-7-2/h8,10,14,16,19-22,25-28,30-31,33-34,37,39,62H,6-7,9,11-13,15,17-18,23-24,29,32,35-36,38,40-61H2,1-5H3/p+1/b10-8-,16-14-,21-19-,22-20-,27-25-,28-26-,31-30-,34-33-,39-37-. The van der Waals surface area contributed by atoms with Crippen LogP contribution < -0.4 is 0 Å². The molecule has 0 aliphatic rings. The molecule has 0 spiro atoms. The number of hydrogen-bond acceptors (Lipinski definition) is 7. The van der Waals surface area contributed by atoms with Gasteiger partial charge < -0.3 is 18.9 Å². The third-order valence-electron chi connectivity index (χ3n) is 12.3. The fraction of sp³-hybridized carbons (Fsp3) is 0.688. The van der Waals surface area contributed by atoms with Crippen LogP contribution in [0.3, 0.4) is 0 Å². The van der Waals surface area contributed by atoms with E-state index in [4.69, 9.17) is 18.5 Å². The molecule has 2 unspecified atom stereocenters. The molecule has 0 aliphatic heterocycles. The molecular weight excluding hydrogens is 942 g/mol. The van der Waals surface area contributed by atoms with Crippen LogP contribution in [0, 0.1) is 0 Å². The fourth-order valence-corrected chi connectivity index (χ4v) is 8.47. The molecule has 0 aromatic heterocycles. The number of carbonyl (C=O) groups excluding carboxylic acids is 2. The third kappa shape index (κ3) is 57.9. The molecule has 0 saturated carbocycles. The Morgan fingerprint density at radius 3 is 1.15 bits per heavy atom. The lowest BCUT2D eigenvalue weighted by molar-refractivity contribution is -0.870. The van der Waals surface area contributed by atoms with Gasteiger partial charge in [-0.3, -0.25) is 18.6 Å². The second-order valence-corrected chi connectivity index (χ2v) is 22.1. The quantitative estimate of drug-likeness (QED) is 0.0211. The summed E-state index contributed by atoms with van der Waals surface area (Å²) in [6.07, 6.45) is 75.8. The van der Waals surface area contributed by atoms with Crippen molar-refractivity contribution in [2.24, 2.45) is 0 Å². The largest absolute Gasteiger partial charge is 0.472 e. The van der Waals surface area contributed by atoms with Crippen LogP contribution >= 0.6 is 7.82 Å². The molecule has 74 heavy (non-hydrogen) atoms. The summed E-state index contributed by atoms with van der Waals surface area (Å²) in [7, 11) is 1.45. The number of phosphoric acid groups is 1. The Labute approximate surface area is 455 Å². The molecule has 0 fully saturated rings. The van der Waals surface area contributed by atoms with Crippen molar-refractivity contribution in [1.82, 2.24) is 0 Å². The normalized spacial score (nSPS) is 14.1. The molecule has 0 rings (SSSR count). The van der Waals surface area contributed by atoms with Gasteiger partial charge in [-0.1, -0.05) is 226 Å². The third-order valence-corrected chi connectivity index (χ3v) is 13.3. The van der Waals surface area contributed by atoms with Gasteiger partial charge >= 0.3 is 19.8 Å². The molecule has 0 saturated heterocycles. The Morgan fingerprint density at radius 2 is 0.770 bits per heavy atom. The summed E-state index contributed by atoms with van der Waals surface area (Å²) in [6.45, 7) is 4.29. The van der Waals surface area contributed by atoms with Crippen LogP contribution in [0.25, 0.3) is 0 Å². The van der Waals surface area contributed by atoms with Crippen molar-refractivity contribution in [2.45, 2.75) is 238 Å². The molecule has 0 amide bonds. The predicted molar refractivity (Wildman–Crippen MR) is 316 cm³/mol. The maximum atomic E-state index is 12.8. The number of quaternary nitrogens is 1. The number of carbonyl (C=O) groups is 2. The van der Waals surface area contributed by atoms with Crippen LogP contribution in [0.4, 0.5) is 0 Å². The molecule has 9 nitrogen and oxygen atoms in total. The van der Waals surface area contributed by atoms with E-state index < -0.39 is 26.5 Å². The Hall–Kier alpha value is -3.33. The summed E-state index contributed by atoms with van der Waals surface area (Å²) in [5.41, 5.74) is 0. The number of nitrogens with zero attached hydrogens (tertiary/aromatic N) is 1. The highest BCUT2D eigenvalue weighted by Gasteiger charge is 2.27. The van der Waals surface area contributed by atoms with E-state index in [9.17, 15) is 19.0 Å². The monoisotopic (exact) mass is 1050 g/mol. The molecular formula is C64H111NO8P+. The Bertz CT molecular complexity index is 1620. The first-order valence-corrected chi connectivity index (χ1v) is 31.1. The van der Waals surface area contributed by atoms with E-state index in [0.29, 0.717) is 17.4 Å². The summed E-state index contributed by atoms with van der Waals surface area (Å²) in [6, 6.07) is 0. The Morgan fingerprint density at radius 1 is 0.432 bits per heavy atom. The van der Waals surface area contributed by atoms with Crippen molar-refractivity contribution in [3.05, 3.63) is 109 Å². The van der Waals surface area contributed by atoms with E-state index in [2.05, 4.69) is 123 Å². The summed E-state index contributed by atoms with van der Waals surface area (Å²) in [5.74, 6) is -0.819. The van der Waals surface area contributed by atoms with Gasteiger partial charge in [-0.25, -0.2) is 4.57 Å². The number of esters is 2. The van der Waals surface area contributed by atoms with Gasteiger partial charge in [-0.2, -0.15) is 0 Å². The zero-order valence-electron chi connectivity index (χ0n) is 48.0. The van der Waals surface area contributed by atoms with Gasteiger partial charge in [0, 0.05) is 12.8 Å². The molecule has 0 aromatic rings. The zero-order valence-corrected chi connectivity index (χ0v) is 48.9. The number of allylic oxidation sites excluding steroid dienone is 18. The molecule has 0 bridgehead atoms. The summed E-state index contributed by atoms with van der Waals surface area (Å²) < 4.78 is 34.6.